The van der Waals surface area contributed by atoms with Crippen LogP contribution < -0.4 is 0 Å². The predicted octanol–water partition coefficient (Wildman–Crippen LogP) is 2.91. The second-order valence-corrected chi connectivity index (χ2v) is 5.10. The zero-order valence-corrected chi connectivity index (χ0v) is 11.3. The van der Waals surface area contributed by atoms with Gasteiger partial charge in [0.1, 0.15) is 6.04 Å². The van der Waals surface area contributed by atoms with Gasteiger partial charge >= 0.3 is 0 Å². The molecule has 1 unspecified atom stereocenters. The summed E-state index contributed by atoms with van der Waals surface area (Å²) in [5, 5.41) is 2.20. The monoisotopic (exact) mass is 250 g/mol. The molecule has 0 spiro atoms. The van der Waals surface area contributed by atoms with Gasteiger partial charge in [-0.25, -0.2) is 0 Å². The van der Waals surface area contributed by atoms with Crippen molar-refractivity contribution in [1.29, 1.82) is 0 Å². The van der Waals surface area contributed by atoms with Crippen LogP contribution in [0.5, 0.6) is 0 Å². The summed E-state index contributed by atoms with van der Waals surface area (Å²) >= 11 is 1.79. The van der Waals surface area contributed by atoms with Crippen LogP contribution in [0, 0.1) is 13.8 Å². The van der Waals surface area contributed by atoms with Gasteiger partial charge < -0.3 is 9.64 Å². The van der Waals surface area contributed by atoms with Crippen LogP contribution in [0.15, 0.2) is 22.6 Å². The quantitative estimate of drug-likeness (QED) is 0.821. The van der Waals surface area contributed by atoms with Crippen molar-refractivity contribution >= 4 is 17.7 Å². The molecule has 0 bridgehead atoms. The lowest BCUT2D eigenvalue weighted by atomic mass is 10.1. The number of aliphatic imine (C=N–C) groups is 1. The van der Waals surface area contributed by atoms with Gasteiger partial charge in [-0.3, -0.25) is 4.99 Å². The van der Waals surface area contributed by atoms with Gasteiger partial charge in [0.05, 0.1) is 12.9 Å². The van der Waals surface area contributed by atoms with E-state index in [0.717, 1.165) is 13.2 Å². The fourth-order valence-corrected chi connectivity index (χ4v) is 2.83. The lowest BCUT2D eigenvalue weighted by Crippen LogP contribution is -2.22. The normalized spacial score (nSPS) is 19.0. The molecule has 0 saturated heterocycles. The summed E-state index contributed by atoms with van der Waals surface area (Å²) in [5.74, 6) is 0. The van der Waals surface area contributed by atoms with Crippen molar-refractivity contribution in [2.24, 2.45) is 4.99 Å². The van der Waals surface area contributed by atoms with Crippen LogP contribution in [0.2, 0.25) is 0 Å². The highest BCUT2D eigenvalue weighted by atomic mass is 32.1. The Kier molecular flexibility index (Phi) is 3.97. The molecule has 1 aliphatic rings. The van der Waals surface area contributed by atoms with Crippen LogP contribution in [-0.2, 0) is 4.74 Å². The second-order valence-electron chi connectivity index (χ2n) is 4.19. The average molecular weight is 250 g/mol. The lowest BCUT2D eigenvalue weighted by Gasteiger charge is -2.20. The smallest absolute Gasteiger partial charge is 0.106 e. The third-order valence-electron chi connectivity index (χ3n) is 2.98. The molecule has 92 valence electrons. The molecule has 0 amide bonds. The van der Waals surface area contributed by atoms with E-state index >= 15 is 0 Å². The van der Waals surface area contributed by atoms with Crippen LogP contribution in [0.25, 0.3) is 0 Å². The molecular formula is C13H18N2OS. The summed E-state index contributed by atoms with van der Waals surface area (Å²) in [5.41, 5.74) is 2.72. The molecule has 0 fully saturated rings. The largest absolute Gasteiger partial charge is 0.383 e. The summed E-state index contributed by atoms with van der Waals surface area (Å²) in [7, 11) is 1.71. The molecule has 0 aromatic carbocycles. The van der Waals surface area contributed by atoms with E-state index in [4.69, 9.17) is 4.74 Å². The Balaban J connectivity index is 2.03. The van der Waals surface area contributed by atoms with Crippen molar-refractivity contribution in [3.63, 3.8) is 0 Å². The number of hydrogen-bond donors (Lipinski definition) is 0. The van der Waals surface area contributed by atoms with Crippen LogP contribution in [-0.4, -0.2) is 31.5 Å². The van der Waals surface area contributed by atoms with Crippen molar-refractivity contribution in [2.45, 2.75) is 19.9 Å². The van der Waals surface area contributed by atoms with Gasteiger partial charge in [-0.05, 0) is 36.4 Å². The zero-order chi connectivity index (χ0) is 12.3. The Morgan fingerprint density at radius 2 is 2.29 bits per heavy atom. The van der Waals surface area contributed by atoms with E-state index in [9.17, 15) is 0 Å². The average Bonchev–Trinajstić information content (AvgIpc) is 2.68. The summed E-state index contributed by atoms with van der Waals surface area (Å²) in [6, 6.07) is 0.187. The number of ether oxygens (including phenoxy) is 1. The molecule has 0 radical (unpaired) electrons. The number of thiophene rings is 1. The first kappa shape index (κ1) is 12.3. The lowest BCUT2D eigenvalue weighted by molar-refractivity contribution is 0.187. The minimum atomic E-state index is 0.187. The Labute approximate surface area is 106 Å². The fourth-order valence-electron chi connectivity index (χ4n) is 1.74. The number of nitrogens with zero attached hydrogens (tertiary/aromatic N) is 2. The molecule has 2 rings (SSSR count). The zero-order valence-electron chi connectivity index (χ0n) is 10.5. The second kappa shape index (κ2) is 5.47. The van der Waals surface area contributed by atoms with Crippen molar-refractivity contribution in [2.75, 3.05) is 20.3 Å². The minimum absolute atomic E-state index is 0.187. The molecule has 1 aliphatic heterocycles. The van der Waals surface area contributed by atoms with Gasteiger partial charge in [-0.1, -0.05) is 0 Å². The number of hydrogen-bond acceptors (Lipinski definition) is 4. The van der Waals surface area contributed by atoms with Crippen LogP contribution in [0.1, 0.15) is 22.0 Å². The Morgan fingerprint density at radius 3 is 2.82 bits per heavy atom. The maximum absolute atomic E-state index is 5.04. The first-order valence-corrected chi connectivity index (χ1v) is 6.61. The van der Waals surface area contributed by atoms with Crippen LogP contribution >= 0.6 is 11.3 Å². The van der Waals surface area contributed by atoms with E-state index in [2.05, 4.69) is 41.4 Å². The van der Waals surface area contributed by atoms with Crippen LogP contribution in [0.3, 0.4) is 0 Å². The van der Waals surface area contributed by atoms with Crippen LogP contribution in [0.4, 0.5) is 0 Å². The van der Waals surface area contributed by atoms with Gasteiger partial charge in [0.25, 0.3) is 0 Å². The number of aryl methyl sites for hydroxylation is 1. The molecule has 0 aliphatic carbocycles. The Bertz CT molecular complexity index is 423. The van der Waals surface area contributed by atoms with Gasteiger partial charge in [-0.15, -0.1) is 11.3 Å². The maximum Gasteiger partial charge on any atom is 0.106 e. The molecule has 2 heterocycles. The van der Waals surface area contributed by atoms with Gasteiger partial charge in [0, 0.05) is 24.7 Å². The molecule has 3 nitrogen and oxygen atoms in total. The molecule has 4 heteroatoms. The Hall–Kier alpha value is -1.13. The highest BCUT2D eigenvalue weighted by molar-refractivity contribution is 7.10. The van der Waals surface area contributed by atoms with Gasteiger partial charge in [-0.2, -0.15) is 0 Å². The van der Waals surface area contributed by atoms with Crippen molar-refractivity contribution < 1.29 is 4.74 Å². The summed E-state index contributed by atoms with van der Waals surface area (Å²) in [6.45, 7) is 5.89. The van der Waals surface area contributed by atoms with E-state index in [-0.39, 0.29) is 6.04 Å². The topological polar surface area (TPSA) is 24.8 Å². The standard InChI is InChI=1S/C13H18N2OS/c1-10-8-17-13(11(10)2)12-4-5-15(9-14-12)6-7-16-3/h4-5,8-9,12H,6-7H2,1-3H3. The van der Waals surface area contributed by atoms with Gasteiger partial charge in [0.2, 0.25) is 0 Å². The van der Waals surface area contributed by atoms with Crippen molar-refractivity contribution in [3.8, 4) is 0 Å². The number of methoxy groups -OCH3 is 1. The fraction of sp³-hybridized carbons (Fsp3) is 0.462. The molecule has 0 saturated carbocycles. The summed E-state index contributed by atoms with van der Waals surface area (Å²) in [6.07, 6.45) is 6.14. The third-order valence-corrected chi connectivity index (χ3v) is 4.25. The first-order chi connectivity index (χ1) is 8.22. The van der Waals surface area contributed by atoms with E-state index in [0.29, 0.717) is 0 Å². The van der Waals surface area contributed by atoms with Crippen molar-refractivity contribution in [3.05, 3.63) is 33.7 Å². The molecule has 1 atom stereocenters. The van der Waals surface area contributed by atoms with E-state index < -0.39 is 0 Å². The molecule has 17 heavy (non-hydrogen) atoms. The van der Waals surface area contributed by atoms with E-state index in [1.54, 1.807) is 18.4 Å². The SMILES string of the molecule is COCCN1C=CC(c2scc(C)c2C)N=C1. The highest BCUT2D eigenvalue weighted by Gasteiger charge is 2.15. The molecule has 1 aromatic rings. The first-order valence-electron chi connectivity index (χ1n) is 5.73. The maximum atomic E-state index is 5.04. The molecule has 1 aromatic heterocycles. The minimum Gasteiger partial charge on any atom is -0.383 e. The Morgan fingerprint density at radius 1 is 1.47 bits per heavy atom. The number of rotatable bonds is 4. The summed E-state index contributed by atoms with van der Waals surface area (Å²) < 4.78 is 5.04. The van der Waals surface area contributed by atoms with E-state index in [1.807, 2.05) is 6.34 Å². The predicted molar refractivity (Wildman–Crippen MR) is 72.7 cm³/mol. The third kappa shape index (κ3) is 2.76. The summed E-state index contributed by atoms with van der Waals surface area (Å²) in [4.78, 5) is 7.98. The van der Waals surface area contributed by atoms with Gasteiger partial charge in [0.15, 0.2) is 0 Å². The van der Waals surface area contributed by atoms with Crippen molar-refractivity contribution in [1.82, 2.24) is 4.90 Å². The molecule has 0 N–H and O–H groups in total. The molecular weight excluding hydrogens is 232 g/mol. The highest BCUT2D eigenvalue weighted by Crippen LogP contribution is 2.31. The van der Waals surface area contributed by atoms with E-state index in [1.165, 1.54) is 16.0 Å².